The van der Waals surface area contributed by atoms with Crippen molar-refractivity contribution >= 4 is 17.9 Å². The van der Waals surface area contributed by atoms with Crippen molar-refractivity contribution in [3.8, 4) is 5.75 Å². The minimum absolute atomic E-state index is 0.0502. The summed E-state index contributed by atoms with van der Waals surface area (Å²) >= 11 is 0. The van der Waals surface area contributed by atoms with Gasteiger partial charge in [0, 0.05) is 18.7 Å². The van der Waals surface area contributed by atoms with Gasteiger partial charge in [-0.05, 0) is 74.4 Å². The Labute approximate surface area is 245 Å². The molecule has 1 fully saturated rings. The summed E-state index contributed by atoms with van der Waals surface area (Å²) in [6, 6.07) is 1.99. The number of alkyl halides is 9. The van der Waals surface area contributed by atoms with Gasteiger partial charge in [-0.25, -0.2) is 9.59 Å². The molecule has 0 N–H and O–H groups in total. The summed E-state index contributed by atoms with van der Waals surface area (Å²) < 4.78 is 135. The average molecular weight is 643 g/mol. The van der Waals surface area contributed by atoms with Crippen LogP contribution in [0.5, 0.6) is 5.75 Å². The Balaban J connectivity index is 1.86. The molecule has 2 atom stereocenters. The van der Waals surface area contributed by atoms with Gasteiger partial charge in [-0.1, -0.05) is 6.07 Å². The van der Waals surface area contributed by atoms with Gasteiger partial charge in [-0.15, -0.1) is 13.2 Å². The minimum atomic E-state index is -5.15. The molecule has 1 saturated carbocycles. The first kappa shape index (κ1) is 33.1. The number of halogens is 9. The summed E-state index contributed by atoms with van der Waals surface area (Å²) in [6.07, 6.45) is -16.9. The number of anilines is 1. The van der Waals surface area contributed by atoms with Crippen LogP contribution in [0.1, 0.15) is 61.4 Å². The topological polar surface area (TPSA) is 68.3 Å². The third-order valence-electron chi connectivity index (χ3n) is 7.14. The quantitative estimate of drug-likeness (QED) is 0.296. The molecular formula is C28H27F9N2O5. The molecule has 2 aromatic rings. The Morgan fingerprint density at radius 2 is 1.52 bits per heavy atom. The first-order valence-electron chi connectivity index (χ1n) is 13.3. The number of hydrogen-bond acceptors (Lipinski definition) is 5. The fourth-order valence-electron chi connectivity index (χ4n) is 5.25. The van der Waals surface area contributed by atoms with Crippen LogP contribution in [0.25, 0.3) is 0 Å². The lowest BCUT2D eigenvalue weighted by Gasteiger charge is -2.44. The van der Waals surface area contributed by atoms with Gasteiger partial charge in [-0.3, -0.25) is 9.80 Å². The molecular weight excluding hydrogens is 615 g/mol. The highest BCUT2D eigenvalue weighted by Gasteiger charge is 2.48. The summed E-state index contributed by atoms with van der Waals surface area (Å²) in [7, 11) is 0.956. The minimum Gasteiger partial charge on any atom is -0.453 e. The Morgan fingerprint density at radius 1 is 0.932 bits per heavy atom. The predicted octanol–water partition coefficient (Wildman–Crippen LogP) is 8.47. The molecule has 1 heterocycles. The first-order valence-corrected chi connectivity index (χ1v) is 13.3. The van der Waals surface area contributed by atoms with E-state index in [0.717, 1.165) is 35.1 Å². The molecule has 0 aromatic heterocycles. The van der Waals surface area contributed by atoms with Crippen LogP contribution in [0.2, 0.25) is 0 Å². The number of fused-ring (bicyclic) bond motifs is 1. The number of rotatable bonds is 6. The molecule has 2 unspecified atom stereocenters. The van der Waals surface area contributed by atoms with Crippen molar-refractivity contribution in [3.63, 3.8) is 0 Å². The van der Waals surface area contributed by atoms with E-state index in [9.17, 15) is 49.1 Å². The molecule has 1 aliphatic heterocycles. The monoisotopic (exact) mass is 642 g/mol. The van der Waals surface area contributed by atoms with E-state index in [1.165, 1.54) is 0 Å². The maximum absolute atomic E-state index is 13.5. The standard InChI is InChI=1S/C28H27F9N2O5/c1-14(2)43-25(41)39-21(16-4-5-16)12-22(20-7-6-19(11-23(20)39)44-28(35,36)37)38(24(40)42-3)13-15-8-17(26(29,30)31)10-18(9-15)27(32,33)34/h6-11,14,16,21-22H,4-5,12-13H2,1-3H3. The molecule has 242 valence electrons. The molecule has 1 aliphatic carbocycles. The van der Waals surface area contributed by atoms with Crippen LogP contribution in [0.15, 0.2) is 36.4 Å². The van der Waals surface area contributed by atoms with Crippen LogP contribution in [-0.2, 0) is 28.4 Å². The summed E-state index contributed by atoms with van der Waals surface area (Å²) in [5.74, 6) is -0.881. The zero-order chi connectivity index (χ0) is 32.8. The van der Waals surface area contributed by atoms with Crippen molar-refractivity contribution in [1.82, 2.24) is 4.90 Å². The highest BCUT2D eigenvalue weighted by molar-refractivity contribution is 5.91. The van der Waals surface area contributed by atoms with Crippen LogP contribution < -0.4 is 9.64 Å². The van der Waals surface area contributed by atoms with Gasteiger partial charge in [-0.2, -0.15) is 26.3 Å². The van der Waals surface area contributed by atoms with E-state index < -0.39 is 78.1 Å². The Hall–Kier alpha value is -3.85. The van der Waals surface area contributed by atoms with Crippen LogP contribution >= 0.6 is 0 Å². The zero-order valence-corrected chi connectivity index (χ0v) is 23.4. The van der Waals surface area contributed by atoms with Crippen molar-refractivity contribution in [2.24, 2.45) is 5.92 Å². The van der Waals surface area contributed by atoms with Crippen molar-refractivity contribution in [2.45, 2.75) is 76.6 Å². The molecule has 2 amide bonds. The second-order valence-corrected chi connectivity index (χ2v) is 10.7. The molecule has 44 heavy (non-hydrogen) atoms. The van der Waals surface area contributed by atoms with E-state index >= 15 is 0 Å². The molecule has 2 aromatic carbocycles. The molecule has 7 nitrogen and oxygen atoms in total. The van der Waals surface area contributed by atoms with Crippen molar-refractivity contribution in [3.05, 3.63) is 58.7 Å². The van der Waals surface area contributed by atoms with Gasteiger partial charge in [0.2, 0.25) is 0 Å². The molecule has 2 aliphatic rings. The van der Waals surface area contributed by atoms with E-state index in [1.54, 1.807) is 13.8 Å². The second kappa shape index (κ2) is 11.9. The van der Waals surface area contributed by atoms with Crippen molar-refractivity contribution in [1.29, 1.82) is 0 Å². The van der Waals surface area contributed by atoms with Gasteiger partial charge in [0.25, 0.3) is 0 Å². The van der Waals surface area contributed by atoms with Gasteiger partial charge in [0.15, 0.2) is 0 Å². The SMILES string of the molecule is COC(=O)N(Cc1cc(C(F)(F)F)cc(C(F)(F)F)c1)C1CC(C2CC2)N(C(=O)OC(C)C)c2cc(OC(F)(F)F)ccc21. The lowest BCUT2D eigenvalue weighted by molar-refractivity contribution is -0.274. The number of nitrogens with zero attached hydrogens (tertiary/aromatic N) is 2. The Morgan fingerprint density at radius 3 is 2.00 bits per heavy atom. The van der Waals surface area contributed by atoms with E-state index in [-0.39, 0.29) is 29.7 Å². The number of methoxy groups -OCH3 is 1. The summed E-state index contributed by atoms with van der Waals surface area (Å²) in [6.45, 7) is 2.33. The number of benzene rings is 2. The van der Waals surface area contributed by atoms with Crippen LogP contribution in [0.4, 0.5) is 54.8 Å². The van der Waals surface area contributed by atoms with Gasteiger partial charge in [0.05, 0.1) is 36.1 Å². The third kappa shape index (κ3) is 7.62. The van der Waals surface area contributed by atoms with E-state index in [2.05, 4.69) is 4.74 Å². The second-order valence-electron chi connectivity index (χ2n) is 10.7. The van der Waals surface area contributed by atoms with Gasteiger partial charge >= 0.3 is 30.9 Å². The lowest BCUT2D eigenvalue weighted by Crippen LogP contribution is -2.50. The molecule has 0 bridgehead atoms. The Bertz CT molecular complexity index is 1350. The maximum atomic E-state index is 13.5. The van der Waals surface area contributed by atoms with Crippen LogP contribution in [-0.4, -0.2) is 42.7 Å². The Kier molecular flexibility index (Phi) is 8.95. The average Bonchev–Trinajstić information content (AvgIpc) is 3.73. The van der Waals surface area contributed by atoms with E-state index in [0.29, 0.717) is 25.0 Å². The largest absolute Gasteiger partial charge is 0.573 e. The fraction of sp³-hybridized carbons (Fsp3) is 0.500. The molecule has 4 rings (SSSR count). The maximum Gasteiger partial charge on any atom is 0.573 e. The number of carbonyl (C=O) groups is 2. The summed E-state index contributed by atoms with van der Waals surface area (Å²) in [4.78, 5) is 28.4. The van der Waals surface area contributed by atoms with Crippen LogP contribution in [0, 0.1) is 5.92 Å². The molecule has 0 spiro atoms. The van der Waals surface area contributed by atoms with E-state index in [4.69, 9.17) is 9.47 Å². The smallest absolute Gasteiger partial charge is 0.453 e. The molecule has 16 heteroatoms. The lowest BCUT2D eigenvalue weighted by atomic mass is 9.87. The summed E-state index contributed by atoms with van der Waals surface area (Å²) in [5.41, 5.74) is -3.77. The van der Waals surface area contributed by atoms with E-state index in [1.807, 2.05) is 0 Å². The highest BCUT2D eigenvalue weighted by Crippen LogP contribution is 2.50. The van der Waals surface area contributed by atoms with Gasteiger partial charge < -0.3 is 14.2 Å². The first-order chi connectivity index (χ1) is 20.3. The number of carbonyl (C=O) groups excluding carboxylic acids is 2. The molecule has 0 radical (unpaired) electrons. The third-order valence-corrected chi connectivity index (χ3v) is 7.14. The molecule has 0 saturated heterocycles. The predicted molar refractivity (Wildman–Crippen MR) is 135 cm³/mol. The number of ether oxygens (including phenoxy) is 3. The number of hydrogen-bond donors (Lipinski definition) is 0. The fourth-order valence-corrected chi connectivity index (χ4v) is 5.25. The highest BCUT2D eigenvalue weighted by atomic mass is 19.4. The van der Waals surface area contributed by atoms with Crippen molar-refractivity contribution in [2.75, 3.05) is 12.0 Å². The zero-order valence-electron chi connectivity index (χ0n) is 23.4. The van der Waals surface area contributed by atoms with Crippen LogP contribution in [0.3, 0.4) is 0 Å². The van der Waals surface area contributed by atoms with Gasteiger partial charge in [0.1, 0.15) is 5.75 Å². The van der Waals surface area contributed by atoms with Crippen molar-refractivity contribution < 1.29 is 63.3 Å². The normalized spacial score (nSPS) is 19.0. The number of amides is 2. The summed E-state index contributed by atoms with van der Waals surface area (Å²) in [5, 5.41) is 0.